The Labute approximate surface area is 97.7 Å². The van der Waals surface area contributed by atoms with Crippen LogP contribution in [0.2, 0.25) is 0 Å². The molecule has 1 N–H and O–H groups in total. The van der Waals surface area contributed by atoms with E-state index < -0.39 is 0 Å². The molecule has 0 aromatic carbocycles. The fourth-order valence-electron chi connectivity index (χ4n) is 1.87. The third-order valence-corrected chi connectivity index (χ3v) is 3.89. The van der Waals surface area contributed by atoms with Gasteiger partial charge in [-0.1, -0.05) is 0 Å². The topological polar surface area (TPSA) is 64.3 Å². The summed E-state index contributed by atoms with van der Waals surface area (Å²) in [6.45, 7) is 2.40. The molecule has 0 aliphatic carbocycles. The highest BCUT2D eigenvalue weighted by Crippen LogP contribution is 2.34. The number of hydrogen-bond donors (Lipinski definition) is 1. The number of carbonyl (C=O) groups is 1. The second-order valence-corrected chi connectivity index (χ2v) is 4.83. The number of anilines is 1. The minimum atomic E-state index is -0.00241. The van der Waals surface area contributed by atoms with Gasteiger partial charge in [0.2, 0.25) is 5.91 Å². The third-order valence-electron chi connectivity index (χ3n) is 2.78. The zero-order valence-electron chi connectivity index (χ0n) is 8.93. The van der Waals surface area contributed by atoms with Crippen LogP contribution in [0, 0.1) is 24.2 Å². The van der Waals surface area contributed by atoms with Crippen LogP contribution in [0.5, 0.6) is 0 Å². The van der Waals surface area contributed by atoms with Crippen molar-refractivity contribution in [3.63, 3.8) is 0 Å². The first-order valence-corrected chi connectivity index (χ1v) is 5.94. The molecule has 4 nitrogen and oxygen atoms in total. The molecule has 5 heteroatoms. The third kappa shape index (κ3) is 1.70. The summed E-state index contributed by atoms with van der Waals surface area (Å²) in [5.41, 5.74) is 1.49. The number of hydrogen-bond acceptors (Lipinski definition) is 4. The maximum Gasteiger partial charge on any atom is 0.228 e. The molecule has 1 aliphatic heterocycles. The molecular formula is C11H12N2O2S. The van der Waals surface area contributed by atoms with Gasteiger partial charge < -0.3 is 10.0 Å². The Morgan fingerprint density at radius 1 is 1.75 bits per heavy atom. The lowest BCUT2D eigenvalue weighted by molar-refractivity contribution is -0.117. The molecule has 0 radical (unpaired) electrons. The summed E-state index contributed by atoms with van der Waals surface area (Å²) in [4.78, 5) is 13.4. The van der Waals surface area contributed by atoms with Crippen molar-refractivity contribution in [1.29, 1.82) is 5.26 Å². The van der Waals surface area contributed by atoms with Gasteiger partial charge in [0.25, 0.3) is 0 Å². The molecule has 1 amide bonds. The standard InChI is InChI=1S/C11H12N2O2S/c1-7-6-16-11(9(7)3-12)13-4-8(5-14)2-10(13)15/h6,8,14H,2,4-5H2,1H3. The van der Waals surface area contributed by atoms with Crippen LogP contribution in [-0.4, -0.2) is 24.2 Å². The molecule has 1 unspecified atom stereocenters. The Bertz CT molecular complexity index is 461. The van der Waals surface area contributed by atoms with E-state index in [1.165, 1.54) is 11.3 Å². The van der Waals surface area contributed by atoms with E-state index in [0.29, 0.717) is 18.5 Å². The van der Waals surface area contributed by atoms with Crippen molar-refractivity contribution in [1.82, 2.24) is 0 Å². The van der Waals surface area contributed by atoms with Crippen LogP contribution >= 0.6 is 11.3 Å². The zero-order valence-corrected chi connectivity index (χ0v) is 9.75. The number of aliphatic hydroxyl groups excluding tert-OH is 1. The largest absolute Gasteiger partial charge is 0.396 e. The van der Waals surface area contributed by atoms with Gasteiger partial charge in [0, 0.05) is 25.5 Å². The van der Waals surface area contributed by atoms with Crippen molar-refractivity contribution >= 4 is 22.2 Å². The average molecular weight is 236 g/mol. The van der Waals surface area contributed by atoms with E-state index in [1.54, 1.807) is 4.90 Å². The SMILES string of the molecule is Cc1csc(N2CC(CO)CC2=O)c1C#N. The molecule has 1 aliphatic rings. The number of aryl methyl sites for hydroxylation is 1. The summed E-state index contributed by atoms with van der Waals surface area (Å²) in [6.07, 6.45) is 0.373. The Kier molecular flexibility index (Phi) is 2.95. The summed E-state index contributed by atoms with van der Waals surface area (Å²) >= 11 is 1.42. The van der Waals surface area contributed by atoms with Gasteiger partial charge in [-0.25, -0.2) is 0 Å². The highest BCUT2D eigenvalue weighted by atomic mass is 32.1. The van der Waals surface area contributed by atoms with Crippen LogP contribution in [0.15, 0.2) is 5.38 Å². The van der Waals surface area contributed by atoms with E-state index in [9.17, 15) is 4.79 Å². The minimum Gasteiger partial charge on any atom is -0.396 e. The second kappa shape index (κ2) is 4.24. The summed E-state index contributed by atoms with van der Waals surface area (Å²) in [6, 6.07) is 2.13. The van der Waals surface area contributed by atoms with E-state index in [4.69, 9.17) is 10.4 Å². The fraction of sp³-hybridized carbons (Fsp3) is 0.455. The van der Waals surface area contributed by atoms with Crippen molar-refractivity contribution < 1.29 is 9.90 Å². The summed E-state index contributed by atoms with van der Waals surface area (Å²) in [5.74, 6) is -0.00107. The highest BCUT2D eigenvalue weighted by Gasteiger charge is 2.32. The van der Waals surface area contributed by atoms with Crippen molar-refractivity contribution in [2.24, 2.45) is 5.92 Å². The van der Waals surface area contributed by atoms with Crippen molar-refractivity contribution in [2.45, 2.75) is 13.3 Å². The van der Waals surface area contributed by atoms with Gasteiger partial charge in [0.05, 0.1) is 5.56 Å². The molecule has 1 fully saturated rings. The normalized spacial score (nSPS) is 20.2. The minimum absolute atomic E-state index is 0.00134. The van der Waals surface area contributed by atoms with Crippen molar-refractivity contribution in [3.8, 4) is 6.07 Å². The highest BCUT2D eigenvalue weighted by molar-refractivity contribution is 7.14. The summed E-state index contributed by atoms with van der Waals surface area (Å²) in [5, 5.41) is 20.7. The van der Waals surface area contributed by atoms with E-state index in [0.717, 1.165) is 10.6 Å². The van der Waals surface area contributed by atoms with Gasteiger partial charge >= 0.3 is 0 Å². The number of nitriles is 1. The first-order chi connectivity index (χ1) is 7.67. The van der Waals surface area contributed by atoms with E-state index in [-0.39, 0.29) is 18.4 Å². The van der Waals surface area contributed by atoms with Crippen LogP contribution in [0.25, 0.3) is 0 Å². The van der Waals surface area contributed by atoms with Crippen molar-refractivity contribution in [2.75, 3.05) is 18.1 Å². The van der Waals surface area contributed by atoms with Crippen molar-refractivity contribution in [3.05, 3.63) is 16.5 Å². The lowest BCUT2D eigenvalue weighted by Crippen LogP contribution is -2.24. The zero-order chi connectivity index (χ0) is 11.7. The Balaban J connectivity index is 2.32. The van der Waals surface area contributed by atoms with E-state index in [1.807, 2.05) is 12.3 Å². The van der Waals surface area contributed by atoms with Crippen LogP contribution < -0.4 is 4.90 Å². The predicted molar refractivity (Wildman–Crippen MR) is 61.3 cm³/mol. The number of carbonyl (C=O) groups excluding carboxylic acids is 1. The summed E-state index contributed by atoms with van der Waals surface area (Å²) in [7, 11) is 0. The Morgan fingerprint density at radius 2 is 2.50 bits per heavy atom. The number of rotatable bonds is 2. The van der Waals surface area contributed by atoms with Crippen LogP contribution in [0.4, 0.5) is 5.00 Å². The Morgan fingerprint density at radius 3 is 3.06 bits per heavy atom. The summed E-state index contributed by atoms with van der Waals surface area (Å²) < 4.78 is 0. The van der Waals surface area contributed by atoms with Gasteiger partial charge in [-0.05, 0) is 17.9 Å². The fourth-order valence-corrected chi connectivity index (χ4v) is 2.90. The molecule has 0 spiro atoms. The molecule has 1 atom stereocenters. The maximum absolute atomic E-state index is 11.7. The number of thiophene rings is 1. The number of nitrogens with zero attached hydrogens (tertiary/aromatic N) is 2. The first kappa shape index (κ1) is 11.1. The smallest absolute Gasteiger partial charge is 0.228 e. The van der Waals surface area contributed by atoms with Crippen LogP contribution in [0.1, 0.15) is 17.5 Å². The van der Waals surface area contributed by atoms with Gasteiger partial charge in [-0.15, -0.1) is 11.3 Å². The second-order valence-electron chi connectivity index (χ2n) is 3.97. The lowest BCUT2D eigenvalue weighted by atomic mass is 10.1. The molecule has 2 heterocycles. The molecule has 16 heavy (non-hydrogen) atoms. The molecule has 1 aromatic rings. The molecule has 0 saturated carbocycles. The van der Waals surface area contributed by atoms with Gasteiger partial charge in [0.15, 0.2) is 0 Å². The van der Waals surface area contributed by atoms with Gasteiger partial charge in [0.1, 0.15) is 11.1 Å². The molecule has 1 saturated heterocycles. The molecule has 2 rings (SSSR count). The molecular weight excluding hydrogens is 224 g/mol. The maximum atomic E-state index is 11.7. The van der Waals surface area contributed by atoms with E-state index >= 15 is 0 Å². The quantitative estimate of drug-likeness (QED) is 0.841. The lowest BCUT2D eigenvalue weighted by Gasteiger charge is -2.14. The molecule has 84 valence electrons. The number of aliphatic hydroxyl groups is 1. The van der Waals surface area contributed by atoms with Crippen LogP contribution in [0.3, 0.4) is 0 Å². The van der Waals surface area contributed by atoms with Crippen LogP contribution in [-0.2, 0) is 4.79 Å². The van der Waals surface area contributed by atoms with Gasteiger partial charge in [-0.2, -0.15) is 5.26 Å². The monoisotopic (exact) mass is 236 g/mol. The first-order valence-electron chi connectivity index (χ1n) is 5.06. The molecule has 1 aromatic heterocycles. The van der Waals surface area contributed by atoms with Gasteiger partial charge in [-0.3, -0.25) is 4.79 Å². The predicted octanol–water partition coefficient (Wildman–Crippen LogP) is 1.27. The van der Waals surface area contributed by atoms with E-state index in [2.05, 4.69) is 6.07 Å². The molecule has 0 bridgehead atoms. The average Bonchev–Trinajstić information content (AvgIpc) is 2.81. The Hall–Kier alpha value is -1.38. The number of amides is 1.